The summed E-state index contributed by atoms with van der Waals surface area (Å²) in [6, 6.07) is 21.5. The lowest BCUT2D eigenvalue weighted by atomic mass is 9.91. The molecule has 0 fully saturated rings. The Morgan fingerprint density at radius 3 is 2.14 bits per heavy atom. The van der Waals surface area contributed by atoms with E-state index in [9.17, 15) is 18.0 Å². The largest absolute Gasteiger partial charge is 0.497 e. The van der Waals surface area contributed by atoms with Crippen molar-refractivity contribution in [3.05, 3.63) is 90.0 Å². The van der Waals surface area contributed by atoms with E-state index in [2.05, 4.69) is 0 Å². The maximum Gasteiger partial charge on any atom is 0.338 e. The summed E-state index contributed by atoms with van der Waals surface area (Å²) in [6.45, 7) is 4.90. The van der Waals surface area contributed by atoms with Gasteiger partial charge in [-0.05, 0) is 48.0 Å². The highest BCUT2D eigenvalue weighted by Gasteiger charge is 2.27. The number of sulfonamides is 1. The molecule has 0 bridgehead atoms. The molecule has 0 radical (unpaired) electrons. The zero-order valence-electron chi connectivity index (χ0n) is 20.2. The van der Waals surface area contributed by atoms with Crippen LogP contribution in [0.15, 0.2) is 83.8 Å². The normalized spacial score (nSPS) is 11.5. The molecule has 184 valence electrons. The summed E-state index contributed by atoms with van der Waals surface area (Å²) >= 11 is 0. The van der Waals surface area contributed by atoms with Gasteiger partial charge in [-0.3, -0.25) is 9.10 Å². The first-order valence-corrected chi connectivity index (χ1v) is 12.5. The van der Waals surface area contributed by atoms with Gasteiger partial charge in [-0.25, -0.2) is 13.2 Å². The number of benzene rings is 3. The molecule has 7 nitrogen and oxygen atoms in total. The fourth-order valence-electron chi connectivity index (χ4n) is 3.15. The van der Waals surface area contributed by atoms with Crippen LogP contribution in [0.3, 0.4) is 0 Å². The molecule has 0 amide bonds. The number of Topliss-reactive ketones (excluding diaryl/α,β-unsaturated/α-hetero) is 1. The highest BCUT2D eigenvalue weighted by Crippen LogP contribution is 2.28. The van der Waals surface area contributed by atoms with E-state index in [-0.39, 0.29) is 29.4 Å². The Labute approximate surface area is 206 Å². The Kier molecular flexibility index (Phi) is 7.96. The van der Waals surface area contributed by atoms with E-state index in [1.807, 2.05) is 30.3 Å². The van der Waals surface area contributed by atoms with E-state index >= 15 is 0 Å². The minimum atomic E-state index is -4.06. The molecule has 3 aromatic rings. The van der Waals surface area contributed by atoms with Crippen LogP contribution < -0.4 is 9.04 Å². The van der Waals surface area contributed by atoms with Gasteiger partial charge in [0.15, 0.2) is 12.4 Å². The first-order chi connectivity index (χ1) is 16.5. The van der Waals surface area contributed by atoms with Gasteiger partial charge in [0.1, 0.15) is 5.75 Å². The van der Waals surface area contributed by atoms with Crippen LogP contribution in [0.1, 0.15) is 36.7 Å². The van der Waals surface area contributed by atoms with E-state index in [1.165, 1.54) is 35.7 Å². The number of esters is 1. The lowest BCUT2D eigenvalue weighted by Gasteiger charge is -2.25. The number of carbonyl (C=O) groups excluding carboxylic acids is 2. The van der Waals surface area contributed by atoms with E-state index in [4.69, 9.17) is 9.47 Å². The average Bonchev–Trinajstić information content (AvgIpc) is 2.85. The number of ketones is 1. The van der Waals surface area contributed by atoms with Crippen LogP contribution in [-0.2, 0) is 26.1 Å². The molecule has 8 heteroatoms. The summed E-state index contributed by atoms with van der Waals surface area (Å²) in [6.07, 6.45) is 0. The molecule has 0 unspecified atom stereocenters. The highest BCUT2D eigenvalue weighted by atomic mass is 32.2. The van der Waals surface area contributed by atoms with Crippen LogP contribution in [0, 0.1) is 5.41 Å². The third kappa shape index (κ3) is 6.48. The van der Waals surface area contributed by atoms with E-state index in [1.54, 1.807) is 45.0 Å². The van der Waals surface area contributed by atoms with Crippen LogP contribution in [0.25, 0.3) is 0 Å². The molecule has 0 atom stereocenters. The van der Waals surface area contributed by atoms with Crippen molar-refractivity contribution in [3.8, 4) is 5.75 Å². The number of anilines is 1. The van der Waals surface area contributed by atoms with Crippen molar-refractivity contribution in [3.63, 3.8) is 0 Å². The van der Waals surface area contributed by atoms with Gasteiger partial charge in [-0.1, -0.05) is 57.2 Å². The van der Waals surface area contributed by atoms with Gasteiger partial charge in [0, 0.05) is 5.41 Å². The minimum absolute atomic E-state index is 0.0437. The molecule has 0 saturated carbocycles. The molecule has 0 aliphatic rings. The van der Waals surface area contributed by atoms with E-state index in [0.29, 0.717) is 11.4 Å². The first-order valence-electron chi connectivity index (χ1n) is 11.0. The minimum Gasteiger partial charge on any atom is -0.497 e. The summed E-state index contributed by atoms with van der Waals surface area (Å²) in [7, 11) is -2.53. The number of rotatable bonds is 9. The SMILES string of the molecule is COc1ccc(N(Cc2ccccc2)S(=O)(=O)c2cccc(C(=O)OCC(=O)C(C)(C)C)c2)cc1. The Hall–Kier alpha value is -3.65. The predicted molar refractivity (Wildman–Crippen MR) is 134 cm³/mol. The zero-order chi connectivity index (χ0) is 25.6. The number of ether oxygens (including phenoxy) is 2. The van der Waals surface area contributed by atoms with Crippen molar-refractivity contribution in [2.24, 2.45) is 5.41 Å². The fourth-order valence-corrected chi connectivity index (χ4v) is 4.65. The van der Waals surface area contributed by atoms with Gasteiger partial charge in [0.2, 0.25) is 0 Å². The van der Waals surface area contributed by atoms with Gasteiger partial charge >= 0.3 is 5.97 Å². The molecule has 0 heterocycles. The van der Waals surface area contributed by atoms with Crippen LogP contribution in [0.5, 0.6) is 5.75 Å². The van der Waals surface area contributed by atoms with E-state index in [0.717, 1.165) is 5.56 Å². The van der Waals surface area contributed by atoms with Crippen LogP contribution >= 0.6 is 0 Å². The third-order valence-corrected chi connectivity index (χ3v) is 7.13. The number of hydrogen-bond acceptors (Lipinski definition) is 6. The molecule has 0 aromatic heterocycles. The molecule has 3 rings (SSSR count). The Morgan fingerprint density at radius 1 is 0.886 bits per heavy atom. The lowest BCUT2D eigenvalue weighted by Crippen LogP contribution is -2.30. The molecule has 0 saturated heterocycles. The van der Waals surface area contributed by atoms with Crippen LogP contribution in [0.4, 0.5) is 5.69 Å². The number of carbonyl (C=O) groups is 2. The lowest BCUT2D eigenvalue weighted by molar-refractivity contribution is -0.129. The van der Waals surface area contributed by atoms with Crippen molar-refractivity contribution < 1.29 is 27.5 Å². The summed E-state index contributed by atoms with van der Waals surface area (Å²) in [5, 5.41) is 0. The van der Waals surface area contributed by atoms with Crippen molar-refractivity contribution in [2.75, 3.05) is 18.0 Å². The monoisotopic (exact) mass is 495 g/mol. The smallest absolute Gasteiger partial charge is 0.338 e. The van der Waals surface area contributed by atoms with Gasteiger partial charge < -0.3 is 9.47 Å². The van der Waals surface area contributed by atoms with E-state index < -0.39 is 21.4 Å². The first kappa shape index (κ1) is 26.0. The molecule has 0 spiro atoms. The van der Waals surface area contributed by atoms with Crippen molar-refractivity contribution in [1.82, 2.24) is 0 Å². The molecule has 35 heavy (non-hydrogen) atoms. The molecular formula is C27H29NO6S. The third-order valence-electron chi connectivity index (χ3n) is 5.36. The molecule has 0 aliphatic carbocycles. The average molecular weight is 496 g/mol. The quantitative estimate of drug-likeness (QED) is 0.394. The Morgan fingerprint density at radius 2 is 1.54 bits per heavy atom. The number of methoxy groups -OCH3 is 1. The van der Waals surface area contributed by atoms with Crippen LogP contribution in [0.2, 0.25) is 0 Å². The van der Waals surface area contributed by atoms with Crippen molar-refractivity contribution in [2.45, 2.75) is 32.2 Å². The van der Waals surface area contributed by atoms with Gasteiger partial charge in [0.25, 0.3) is 10.0 Å². The van der Waals surface area contributed by atoms with Crippen molar-refractivity contribution in [1.29, 1.82) is 0 Å². The van der Waals surface area contributed by atoms with Crippen LogP contribution in [-0.4, -0.2) is 33.9 Å². The second kappa shape index (κ2) is 10.7. The second-order valence-electron chi connectivity index (χ2n) is 8.97. The summed E-state index contributed by atoms with van der Waals surface area (Å²) in [4.78, 5) is 24.6. The number of nitrogens with zero attached hydrogens (tertiary/aromatic N) is 1. The van der Waals surface area contributed by atoms with Crippen molar-refractivity contribution >= 4 is 27.5 Å². The van der Waals surface area contributed by atoms with Gasteiger partial charge in [-0.2, -0.15) is 0 Å². The maximum atomic E-state index is 13.8. The predicted octanol–water partition coefficient (Wildman–Crippen LogP) is 4.86. The van der Waals surface area contributed by atoms with Gasteiger partial charge in [-0.15, -0.1) is 0 Å². The number of hydrogen-bond donors (Lipinski definition) is 0. The summed E-state index contributed by atoms with van der Waals surface area (Å²) in [5.41, 5.74) is 0.630. The fraction of sp³-hybridized carbons (Fsp3) is 0.259. The Bertz CT molecular complexity index is 1280. The molecule has 0 aliphatic heterocycles. The zero-order valence-corrected chi connectivity index (χ0v) is 21.0. The molecule has 0 N–H and O–H groups in total. The summed E-state index contributed by atoms with van der Waals surface area (Å²) < 4.78 is 39.1. The molecule has 3 aromatic carbocycles. The maximum absolute atomic E-state index is 13.8. The summed E-state index contributed by atoms with van der Waals surface area (Å²) in [5.74, 6) is -0.401. The standard InChI is InChI=1S/C27H29NO6S/c1-27(2,3)25(29)19-34-26(30)21-11-8-12-24(17-21)35(31,32)28(18-20-9-6-5-7-10-20)22-13-15-23(33-4)16-14-22/h5-17H,18-19H2,1-4H3. The molecular weight excluding hydrogens is 466 g/mol. The highest BCUT2D eigenvalue weighted by molar-refractivity contribution is 7.92. The van der Waals surface area contributed by atoms with Gasteiger partial charge in [0.05, 0.1) is 29.8 Å². The second-order valence-corrected chi connectivity index (χ2v) is 10.8. The Balaban J connectivity index is 1.93. The topological polar surface area (TPSA) is 90.0 Å².